The number of benzene rings is 1. The van der Waals surface area contributed by atoms with Gasteiger partial charge >= 0.3 is 6.18 Å². The molecular weight excluding hydrogens is 529 g/mol. The molecule has 0 saturated carbocycles. The van der Waals surface area contributed by atoms with E-state index in [4.69, 9.17) is 0 Å². The second kappa shape index (κ2) is 9.89. The van der Waals surface area contributed by atoms with Crippen LogP contribution in [0.15, 0.2) is 60.4 Å². The fourth-order valence-electron chi connectivity index (χ4n) is 4.65. The molecule has 4 aromatic heterocycles. The number of anilines is 1. The summed E-state index contributed by atoms with van der Waals surface area (Å²) in [4.78, 5) is 30.5. The number of amides is 1. The number of hydrogen-bond donors (Lipinski definition) is 1. The molecular formula is C26H23F3N8OS. The highest BCUT2D eigenvalue weighted by molar-refractivity contribution is 7.17. The summed E-state index contributed by atoms with van der Waals surface area (Å²) in [6, 6.07) is 10.2. The number of nitrogens with zero attached hydrogens (tertiary/aromatic N) is 7. The Labute approximate surface area is 224 Å². The average Bonchev–Trinajstić information content (AvgIpc) is 3.58. The van der Waals surface area contributed by atoms with Crippen LogP contribution in [0.2, 0.25) is 0 Å². The van der Waals surface area contributed by atoms with Crippen LogP contribution in [0, 0.1) is 0 Å². The number of rotatable bonds is 5. The molecule has 9 nitrogen and oxygen atoms in total. The lowest BCUT2D eigenvalue weighted by atomic mass is 10.1. The zero-order valence-corrected chi connectivity index (χ0v) is 21.6. The first-order valence-electron chi connectivity index (χ1n) is 12.2. The number of thiophene rings is 1. The van der Waals surface area contributed by atoms with Crippen molar-refractivity contribution in [3.63, 3.8) is 0 Å². The lowest BCUT2D eigenvalue weighted by molar-refractivity contribution is -0.137. The molecule has 39 heavy (non-hydrogen) atoms. The molecule has 5 heterocycles. The van der Waals surface area contributed by atoms with Gasteiger partial charge in [0.25, 0.3) is 0 Å². The number of carbonyl (C=O) groups is 1. The normalized spacial score (nSPS) is 16.7. The van der Waals surface area contributed by atoms with E-state index in [1.54, 1.807) is 17.5 Å². The SMILES string of the molecule is CN1CCN(c2ncnc3nn(-c4ccc(C(F)(F)F)cc4)cc23)C[C@@H]1C(=O)NCc1ccc2sccc2n1. The summed E-state index contributed by atoms with van der Waals surface area (Å²) in [7, 11) is 1.91. The molecule has 6 rings (SSSR count). The van der Waals surface area contributed by atoms with Gasteiger partial charge < -0.3 is 10.2 Å². The van der Waals surface area contributed by atoms with E-state index in [0.29, 0.717) is 48.7 Å². The minimum Gasteiger partial charge on any atom is -0.353 e. The summed E-state index contributed by atoms with van der Waals surface area (Å²) in [6.07, 6.45) is -1.31. The predicted molar refractivity (Wildman–Crippen MR) is 142 cm³/mol. The molecule has 1 aromatic carbocycles. The molecule has 1 saturated heterocycles. The van der Waals surface area contributed by atoms with Crippen molar-refractivity contribution in [2.24, 2.45) is 0 Å². The molecule has 0 unspecified atom stereocenters. The highest BCUT2D eigenvalue weighted by Crippen LogP contribution is 2.30. The third-order valence-corrected chi connectivity index (χ3v) is 7.68. The number of hydrogen-bond acceptors (Lipinski definition) is 8. The number of carbonyl (C=O) groups excluding carboxylic acids is 1. The summed E-state index contributed by atoms with van der Waals surface area (Å²) in [5, 5.41) is 10.1. The molecule has 0 radical (unpaired) electrons. The molecule has 0 bridgehead atoms. The van der Waals surface area contributed by atoms with Crippen molar-refractivity contribution in [3.8, 4) is 5.69 Å². The van der Waals surface area contributed by atoms with Crippen molar-refractivity contribution in [3.05, 3.63) is 71.6 Å². The Morgan fingerprint density at radius 3 is 2.72 bits per heavy atom. The average molecular weight is 553 g/mol. The number of aromatic nitrogens is 5. The van der Waals surface area contributed by atoms with Crippen LogP contribution in [0.3, 0.4) is 0 Å². The van der Waals surface area contributed by atoms with Gasteiger partial charge in [-0.3, -0.25) is 14.7 Å². The number of pyridine rings is 1. The number of fused-ring (bicyclic) bond motifs is 2. The van der Waals surface area contributed by atoms with E-state index in [2.05, 4.69) is 25.4 Å². The van der Waals surface area contributed by atoms with Gasteiger partial charge in [-0.2, -0.15) is 13.2 Å². The van der Waals surface area contributed by atoms with Crippen LogP contribution in [0.1, 0.15) is 11.3 Å². The summed E-state index contributed by atoms with van der Waals surface area (Å²) in [6.45, 7) is 1.99. The standard InChI is InChI=1S/C26H23F3N8OS/c1-35-9-10-36(14-21(35)25(38)30-12-17-4-7-22-20(33-17)8-11-39-22)24-19-13-37(34-23(19)31-15-32-24)18-5-2-16(3-6-18)26(27,28)29/h2-8,11,13,15,21H,9-10,12,14H2,1H3,(H,30,38)/t21-/m1/s1. The third-order valence-electron chi connectivity index (χ3n) is 6.81. The fourth-order valence-corrected chi connectivity index (χ4v) is 5.38. The van der Waals surface area contributed by atoms with E-state index in [1.807, 2.05) is 40.4 Å². The topological polar surface area (TPSA) is 92.1 Å². The molecule has 200 valence electrons. The molecule has 0 spiro atoms. The van der Waals surface area contributed by atoms with Gasteiger partial charge in [-0.25, -0.2) is 14.6 Å². The monoisotopic (exact) mass is 552 g/mol. The first-order valence-corrected chi connectivity index (χ1v) is 13.1. The second-order valence-electron chi connectivity index (χ2n) is 9.32. The second-order valence-corrected chi connectivity index (χ2v) is 10.3. The van der Waals surface area contributed by atoms with Gasteiger partial charge in [-0.05, 0) is 54.9 Å². The summed E-state index contributed by atoms with van der Waals surface area (Å²) in [5.41, 5.74) is 1.86. The molecule has 1 fully saturated rings. The van der Waals surface area contributed by atoms with E-state index < -0.39 is 17.8 Å². The molecule has 13 heteroatoms. The molecule has 1 N–H and O–H groups in total. The van der Waals surface area contributed by atoms with Crippen LogP contribution in [0.4, 0.5) is 19.0 Å². The van der Waals surface area contributed by atoms with Crippen LogP contribution in [-0.2, 0) is 17.5 Å². The molecule has 1 amide bonds. The third kappa shape index (κ3) is 5.02. The van der Waals surface area contributed by atoms with Crippen LogP contribution in [0.5, 0.6) is 0 Å². The van der Waals surface area contributed by atoms with Gasteiger partial charge in [0.1, 0.15) is 18.2 Å². The molecule has 1 atom stereocenters. The first-order chi connectivity index (χ1) is 18.8. The van der Waals surface area contributed by atoms with Crippen molar-refractivity contribution in [2.45, 2.75) is 18.8 Å². The predicted octanol–water partition coefficient (Wildman–Crippen LogP) is 3.88. The van der Waals surface area contributed by atoms with Crippen LogP contribution in [-0.4, -0.2) is 68.3 Å². The number of likely N-dealkylation sites (N-methyl/N-ethyl adjacent to an activating group) is 1. The Balaban J connectivity index is 1.20. The van der Waals surface area contributed by atoms with Gasteiger partial charge in [-0.15, -0.1) is 16.4 Å². The summed E-state index contributed by atoms with van der Waals surface area (Å²) >= 11 is 1.62. The Bertz CT molecular complexity index is 1650. The van der Waals surface area contributed by atoms with Gasteiger partial charge in [-0.1, -0.05) is 0 Å². The minimum atomic E-state index is -4.41. The Hall–Kier alpha value is -4.10. The maximum absolute atomic E-state index is 13.2. The van der Waals surface area contributed by atoms with Gasteiger partial charge in [0.05, 0.1) is 39.1 Å². The molecule has 5 aromatic rings. The van der Waals surface area contributed by atoms with E-state index in [9.17, 15) is 18.0 Å². The highest BCUT2D eigenvalue weighted by atomic mass is 32.1. The number of alkyl halides is 3. The molecule has 0 aliphatic carbocycles. The van der Waals surface area contributed by atoms with Crippen LogP contribution in [0.25, 0.3) is 26.9 Å². The summed E-state index contributed by atoms with van der Waals surface area (Å²) < 4.78 is 41.5. The Morgan fingerprint density at radius 1 is 1.10 bits per heavy atom. The van der Waals surface area contributed by atoms with E-state index in [0.717, 1.165) is 28.0 Å². The van der Waals surface area contributed by atoms with Crippen molar-refractivity contribution in [1.82, 2.24) is 34.9 Å². The van der Waals surface area contributed by atoms with Gasteiger partial charge in [0.2, 0.25) is 5.91 Å². The van der Waals surface area contributed by atoms with Crippen molar-refractivity contribution >= 4 is 44.3 Å². The van der Waals surface area contributed by atoms with E-state index in [1.165, 1.54) is 23.1 Å². The lowest BCUT2D eigenvalue weighted by Crippen LogP contribution is -2.57. The maximum atomic E-state index is 13.2. The van der Waals surface area contributed by atoms with Gasteiger partial charge in [0.15, 0.2) is 5.65 Å². The maximum Gasteiger partial charge on any atom is 0.416 e. The zero-order chi connectivity index (χ0) is 27.1. The minimum absolute atomic E-state index is 0.111. The van der Waals surface area contributed by atoms with Gasteiger partial charge in [0, 0.05) is 25.8 Å². The van der Waals surface area contributed by atoms with E-state index in [-0.39, 0.29) is 5.91 Å². The fraction of sp³-hybridized carbons (Fsp3) is 0.269. The largest absolute Gasteiger partial charge is 0.416 e. The quantitative estimate of drug-likeness (QED) is 0.354. The summed E-state index contributed by atoms with van der Waals surface area (Å²) in [5.74, 6) is 0.508. The van der Waals surface area contributed by atoms with Crippen molar-refractivity contribution in [1.29, 1.82) is 0 Å². The van der Waals surface area contributed by atoms with Crippen molar-refractivity contribution in [2.75, 3.05) is 31.6 Å². The lowest BCUT2D eigenvalue weighted by Gasteiger charge is -2.39. The van der Waals surface area contributed by atoms with Crippen LogP contribution < -0.4 is 10.2 Å². The number of halogens is 3. The Kier molecular flexibility index (Phi) is 6.39. The molecule has 1 aliphatic heterocycles. The number of nitrogens with one attached hydrogen (secondary N) is 1. The highest BCUT2D eigenvalue weighted by Gasteiger charge is 2.32. The first kappa shape index (κ1) is 25.2. The molecule has 1 aliphatic rings. The Morgan fingerprint density at radius 2 is 1.92 bits per heavy atom. The van der Waals surface area contributed by atoms with E-state index >= 15 is 0 Å². The van der Waals surface area contributed by atoms with Crippen molar-refractivity contribution < 1.29 is 18.0 Å². The zero-order valence-electron chi connectivity index (χ0n) is 20.8. The van der Waals surface area contributed by atoms with Crippen LogP contribution >= 0.6 is 11.3 Å². The smallest absolute Gasteiger partial charge is 0.353 e. The number of piperazine rings is 1.